The third-order valence-electron chi connectivity index (χ3n) is 4.08. The molecule has 9 heteroatoms. The normalized spacial score (nSPS) is 15.5. The van der Waals surface area contributed by atoms with Gasteiger partial charge in [-0.25, -0.2) is 0 Å². The summed E-state index contributed by atoms with van der Waals surface area (Å²) in [6, 6.07) is 6.33. The van der Waals surface area contributed by atoms with E-state index in [1.54, 1.807) is 12.1 Å². The standard InChI is InChI=1S/C15H19N5O3S/c1-2-18-7-9-19(10-8-18)14-15(17-24-16-14)23-11-12-3-5-13(6-4-12)20(21)22/h3-6H,2,7-11H2,1H3. The number of non-ortho nitro benzene ring substituents is 1. The molecular formula is C15H19N5O3S. The van der Waals surface area contributed by atoms with Gasteiger partial charge in [0.2, 0.25) is 5.82 Å². The van der Waals surface area contributed by atoms with Crippen molar-refractivity contribution in [1.82, 2.24) is 13.6 Å². The number of nitrogens with zero attached hydrogens (tertiary/aromatic N) is 5. The summed E-state index contributed by atoms with van der Waals surface area (Å²) in [5.74, 6) is 1.32. The lowest BCUT2D eigenvalue weighted by atomic mass is 10.2. The maximum atomic E-state index is 10.7. The molecule has 1 fully saturated rings. The summed E-state index contributed by atoms with van der Waals surface area (Å²) in [5.41, 5.74) is 0.930. The van der Waals surface area contributed by atoms with Crippen molar-refractivity contribution >= 4 is 23.2 Å². The van der Waals surface area contributed by atoms with E-state index in [-0.39, 0.29) is 5.69 Å². The Balaban J connectivity index is 1.60. The Morgan fingerprint density at radius 3 is 2.54 bits per heavy atom. The smallest absolute Gasteiger partial charge is 0.271 e. The van der Waals surface area contributed by atoms with Crippen molar-refractivity contribution in [2.45, 2.75) is 13.5 Å². The van der Waals surface area contributed by atoms with E-state index < -0.39 is 4.92 Å². The van der Waals surface area contributed by atoms with Gasteiger partial charge in [0.15, 0.2) is 0 Å². The lowest BCUT2D eigenvalue weighted by Crippen LogP contribution is -2.46. The summed E-state index contributed by atoms with van der Waals surface area (Å²) in [6.45, 7) is 7.38. The maximum absolute atomic E-state index is 10.7. The van der Waals surface area contributed by atoms with Gasteiger partial charge < -0.3 is 14.5 Å². The van der Waals surface area contributed by atoms with Crippen LogP contribution < -0.4 is 9.64 Å². The highest BCUT2D eigenvalue weighted by atomic mass is 32.1. The summed E-state index contributed by atoms with van der Waals surface area (Å²) >= 11 is 1.14. The molecule has 0 amide bonds. The topological polar surface area (TPSA) is 84.6 Å². The maximum Gasteiger partial charge on any atom is 0.271 e. The second kappa shape index (κ2) is 7.54. The summed E-state index contributed by atoms with van der Waals surface area (Å²) in [7, 11) is 0. The molecule has 128 valence electrons. The Hall–Kier alpha value is -2.26. The van der Waals surface area contributed by atoms with Gasteiger partial charge in [0, 0.05) is 38.3 Å². The molecule has 0 radical (unpaired) electrons. The molecule has 0 unspecified atom stereocenters. The Labute approximate surface area is 144 Å². The monoisotopic (exact) mass is 349 g/mol. The molecule has 0 aliphatic carbocycles. The average molecular weight is 349 g/mol. The fraction of sp³-hybridized carbons (Fsp3) is 0.467. The highest BCUT2D eigenvalue weighted by Gasteiger charge is 2.22. The number of likely N-dealkylation sites (N-methyl/N-ethyl adjacent to an activating group) is 1. The van der Waals surface area contributed by atoms with Crippen molar-refractivity contribution in [2.75, 3.05) is 37.6 Å². The third-order valence-corrected chi connectivity index (χ3v) is 4.59. The fourth-order valence-electron chi connectivity index (χ4n) is 2.60. The van der Waals surface area contributed by atoms with Gasteiger partial charge in [0.1, 0.15) is 6.61 Å². The van der Waals surface area contributed by atoms with E-state index in [4.69, 9.17) is 4.74 Å². The Morgan fingerprint density at radius 2 is 1.92 bits per heavy atom. The first kappa shape index (κ1) is 16.6. The molecular weight excluding hydrogens is 330 g/mol. The first-order valence-corrected chi connectivity index (χ1v) is 8.56. The molecule has 2 heterocycles. The molecule has 24 heavy (non-hydrogen) atoms. The quantitative estimate of drug-likeness (QED) is 0.583. The van der Waals surface area contributed by atoms with E-state index in [9.17, 15) is 10.1 Å². The minimum Gasteiger partial charge on any atom is -0.470 e. The zero-order chi connectivity index (χ0) is 16.9. The van der Waals surface area contributed by atoms with Crippen molar-refractivity contribution in [3.05, 3.63) is 39.9 Å². The minimum absolute atomic E-state index is 0.0727. The second-order valence-electron chi connectivity index (χ2n) is 5.53. The summed E-state index contributed by atoms with van der Waals surface area (Å²) in [6.07, 6.45) is 0. The minimum atomic E-state index is -0.414. The van der Waals surface area contributed by atoms with Crippen LogP contribution in [0.15, 0.2) is 24.3 Å². The molecule has 0 saturated carbocycles. The molecule has 3 rings (SSSR count). The zero-order valence-electron chi connectivity index (χ0n) is 13.4. The van der Waals surface area contributed by atoms with E-state index in [0.29, 0.717) is 12.5 Å². The fourth-order valence-corrected chi connectivity index (χ4v) is 3.12. The predicted octanol–water partition coefficient (Wildman–Crippen LogP) is 2.17. The molecule has 1 aliphatic heterocycles. The Morgan fingerprint density at radius 1 is 1.21 bits per heavy atom. The van der Waals surface area contributed by atoms with Gasteiger partial charge in [-0.2, -0.15) is 4.37 Å². The van der Waals surface area contributed by atoms with Crippen LogP contribution in [-0.2, 0) is 6.61 Å². The van der Waals surface area contributed by atoms with Gasteiger partial charge >= 0.3 is 0 Å². The van der Waals surface area contributed by atoms with Crippen molar-refractivity contribution in [3.8, 4) is 5.88 Å². The highest BCUT2D eigenvalue weighted by Crippen LogP contribution is 2.27. The van der Waals surface area contributed by atoms with Crippen LogP contribution in [0.1, 0.15) is 12.5 Å². The van der Waals surface area contributed by atoms with Crippen LogP contribution in [0.2, 0.25) is 0 Å². The van der Waals surface area contributed by atoms with Crippen LogP contribution in [0.3, 0.4) is 0 Å². The SMILES string of the molecule is CCN1CCN(c2nsnc2OCc2ccc([N+](=O)[O-])cc2)CC1. The van der Waals surface area contributed by atoms with E-state index in [0.717, 1.165) is 55.8 Å². The van der Waals surface area contributed by atoms with Crippen molar-refractivity contribution < 1.29 is 9.66 Å². The predicted molar refractivity (Wildman–Crippen MR) is 91.7 cm³/mol. The van der Waals surface area contributed by atoms with Gasteiger partial charge in [0.05, 0.1) is 16.7 Å². The molecule has 1 aromatic carbocycles. The summed E-state index contributed by atoms with van der Waals surface area (Å²) in [4.78, 5) is 14.8. The molecule has 2 aromatic rings. The van der Waals surface area contributed by atoms with E-state index in [2.05, 4.69) is 25.5 Å². The number of rotatable bonds is 6. The van der Waals surface area contributed by atoms with Gasteiger partial charge in [-0.15, -0.1) is 4.37 Å². The largest absolute Gasteiger partial charge is 0.470 e. The van der Waals surface area contributed by atoms with Gasteiger partial charge in [0.25, 0.3) is 11.6 Å². The lowest BCUT2D eigenvalue weighted by Gasteiger charge is -2.34. The number of aromatic nitrogens is 2. The number of anilines is 1. The number of nitro groups is 1. The van der Waals surface area contributed by atoms with Crippen LogP contribution in [0.5, 0.6) is 5.88 Å². The molecule has 1 saturated heterocycles. The van der Waals surface area contributed by atoms with Crippen molar-refractivity contribution in [3.63, 3.8) is 0 Å². The summed E-state index contributed by atoms with van der Waals surface area (Å²) < 4.78 is 14.4. The molecule has 0 spiro atoms. The van der Waals surface area contributed by atoms with Crippen LogP contribution >= 0.6 is 11.7 Å². The molecule has 0 atom stereocenters. The third kappa shape index (κ3) is 3.80. The molecule has 0 N–H and O–H groups in total. The first-order valence-electron chi connectivity index (χ1n) is 7.83. The van der Waals surface area contributed by atoms with Gasteiger partial charge in [-0.3, -0.25) is 10.1 Å². The number of hydrogen-bond donors (Lipinski definition) is 0. The average Bonchev–Trinajstić information content (AvgIpc) is 3.09. The number of nitro benzene ring substituents is 1. The first-order chi connectivity index (χ1) is 11.7. The van der Waals surface area contributed by atoms with Crippen molar-refractivity contribution in [1.29, 1.82) is 0 Å². The van der Waals surface area contributed by atoms with Crippen LogP contribution in [0, 0.1) is 10.1 Å². The van der Waals surface area contributed by atoms with Crippen LogP contribution in [-0.4, -0.2) is 51.3 Å². The van der Waals surface area contributed by atoms with Crippen LogP contribution in [0.4, 0.5) is 11.5 Å². The number of piperazine rings is 1. The van der Waals surface area contributed by atoms with E-state index in [1.165, 1.54) is 12.1 Å². The lowest BCUT2D eigenvalue weighted by molar-refractivity contribution is -0.384. The van der Waals surface area contributed by atoms with Gasteiger partial charge in [-0.1, -0.05) is 6.92 Å². The molecule has 1 aliphatic rings. The van der Waals surface area contributed by atoms with E-state index >= 15 is 0 Å². The summed E-state index contributed by atoms with van der Waals surface area (Å²) in [5, 5.41) is 10.7. The number of benzene rings is 1. The second-order valence-corrected chi connectivity index (χ2v) is 6.05. The molecule has 8 nitrogen and oxygen atoms in total. The number of hydrogen-bond acceptors (Lipinski definition) is 8. The van der Waals surface area contributed by atoms with Gasteiger partial charge in [-0.05, 0) is 24.2 Å². The van der Waals surface area contributed by atoms with Crippen LogP contribution in [0.25, 0.3) is 0 Å². The Kier molecular flexibility index (Phi) is 5.21. The highest BCUT2D eigenvalue weighted by molar-refractivity contribution is 6.99. The zero-order valence-corrected chi connectivity index (χ0v) is 14.2. The Bertz CT molecular complexity index is 683. The molecule has 1 aromatic heterocycles. The van der Waals surface area contributed by atoms with Crippen molar-refractivity contribution in [2.24, 2.45) is 0 Å². The molecule has 0 bridgehead atoms. The number of ether oxygens (including phenoxy) is 1. The van der Waals surface area contributed by atoms with E-state index in [1.807, 2.05) is 0 Å².